The van der Waals surface area contributed by atoms with Crippen molar-refractivity contribution in [2.24, 2.45) is 0 Å². The summed E-state index contributed by atoms with van der Waals surface area (Å²) in [6.45, 7) is 4.00. The van der Waals surface area contributed by atoms with Crippen LogP contribution in [0.3, 0.4) is 0 Å². The van der Waals surface area contributed by atoms with Crippen molar-refractivity contribution in [3.8, 4) is 5.75 Å². The van der Waals surface area contributed by atoms with Gasteiger partial charge in [0, 0.05) is 16.9 Å². The first-order valence-electron chi connectivity index (χ1n) is 6.06. The molecule has 1 unspecified atom stereocenters. The van der Waals surface area contributed by atoms with Crippen molar-refractivity contribution in [2.45, 2.75) is 26.4 Å². The Balaban J connectivity index is 2.22. The Morgan fingerprint density at radius 2 is 2.16 bits per heavy atom. The second-order valence-electron chi connectivity index (χ2n) is 4.43. The maximum Gasteiger partial charge on any atom is 0.142 e. The molecular weight excluding hydrogens is 260 g/mol. The van der Waals surface area contributed by atoms with Crippen molar-refractivity contribution in [2.75, 3.05) is 12.8 Å². The van der Waals surface area contributed by atoms with Gasteiger partial charge in [0.1, 0.15) is 5.75 Å². The molecule has 19 heavy (non-hydrogen) atoms. The third kappa shape index (κ3) is 2.88. The number of hydrogen-bond acceptors (Lipinski definition) is 5. The molecule has 1 aromatic heterocycles. The molecule has 102 valence electrons. The summed E-state index contributed by atoms with van der Waals surface area (Å²) in [6, 6.07) is 5.42. The number of benzene rings is 1. The lowest BCUT2D eigenvalue weighted by Crippen LogP contribution is -2.06. The van der Waals surface area contributed by atoms with Crippen molar-refractivity contribution in [3.05, 3.63) is 39.3 Å². The van der Waals surface area contributed by atoms with Crippen molar-refractivity contribution < 1.29 is 9.84 Å². The Kier molecular flexibility index (Phi) is 4.07. The summed E-state index contributed by atoms with van der Waals surface area (Å²) in [5.41, 5.74) is 8.17. The maximum atomic E-state index is 10.3. The number of methoxy groups -OCH3 is 1. The maximum absolute atomic E-state index is 10.3. The van der Waals surface area contributed by atoms with Gasteiger partial charge in [-0.05, 0) is 19.9 Å². The molecule has 4 nitrogen and oxygen atoms in total. The number of ether oxygens (including phenoxy) is 1. The van der Waals surface area contributed by atoms with E-state index in [1.165, 1.54) is 4.88 Å². The third-order valence-electron chi connectivity index (χ3n) is 3.12. The normalized spacial score (nSPS) is 12.4. The van der Waals surface area contributed by atoms with E-state index in [2.05, 4.69) is 4.98 Å². The number of aliphatic hydroxyl groups is 1. The Morgan fingerprint density at radius 1 is 1.42 bits per heavy atom. The molecular formula is C14H18N2O2S. The molecule has 1 atom stereocenters. The summed E-state index contributed by atoms with van der Waals surface area (Å²) in [7, 11) is 1.56. The highest BCUT2D eigenvalue weighted by Gasteiger charge is 2.16. The van der Waals surface area contributed by atoms with E-state index < -0.39 is 6.10 Å². The predicted octanol–water partition coefficient (Wildman–Crippen LogP) is 2.63. The fourth-order valence-corrected chi connectivity index (χ4v) is 2.90. The van der Waals surface area contributed by atoms with Crippen LogP contribution >= 0.6 is 11.3 Å². The summed E-state index contributed by atoms with van der Waals surface area (Å²) in [6.07, 6.45) is -0.198. The van der Waals surface area contributed by atoms with E-state index in [-0.39, 0.29) is 0 Å². The number of hydrogen-bond donors (Lipinski definition) is 2. The average Bonchev–Trinajstić information content (AvgIpc) is 2.68. The second kappa shape index (κ2) is 5.59. The van der Waals surface area contributed by atoms with E-state index in [1.54, 1.807) is 24.5 Å². The van der Waals surface area contributed by atoms with Crippen LogP contribution in [0.5, 0.6) is 5.75 Å². The first kappa shape index (κ1) is 13.8. The van der Waals surface area contributed by atoms with Crippen molar-refractivity contribution >= 4 is 17.0 Å². The number of aromatic nitrogens is 1. The number of anilines is 1. The van der Waals surface area contributed by atoms with Crippen molar-refractivity contribution in [1.29, 1.82) is 0 Å². The van der Waals surface area contributed by atoms with Crippen LogP contribution in [0.15, 0.2) is 18.2 Å². The van der Waals surface area contributed by atoms with Gasteiger partial charge in [0.25, 0.3) is 0 Å². The highest BCUT2D eigenvalue weighted by atomic mass is 32.1. The molecule has 0 bridgehead atoms. The monoisotopic (exact) mass is 278 g/mol. The first-order valence-corrected chi connectivity index (χ1v) is 6.88. The van der Waals surface area contributed by atoms with E-state index in [0.717, 1.165) is 10.7 Å². The van der Waals surface area contributed by atoms with Gasteiger partial charge in [-0.2, -0.15) is 0 Å². The number of para-hydroxylation sites is 1. The van der Waals surface area contributed by atoms with Gasteiger partial charge in [-0.3, -0.25) is 0 Å². The molecule has 0 saturated carbocycles. The molecule has 0 saturated heterocycles. The largest absolute Gasteiger partial charge is 0.495 e. The van der Waals surface area contributed by atoms with E-state index in [0.29, 0.717) is 23.4 Å². The Morgan fingerprint density at radius 3 is 2.74 bits per heavy atom. The topological polar surface area (TPSA) is 68.4 Å². The van der Waals surface area contributed by atoms with Crippen LogP contribution in [-0.2, 0) is 6.42 Å². The molecule has 3 N–H and O–H groups in total. The van der Waals surface area contributed by atoms with Crippen LogP contribution in [0, 0.1) is 13.8 Å². The fourth-order valence-electron chi connectivity index (χ4n) is 1.93. The molecule has 1 heterocycles. The van der Waals surface area contributed by atoms with Gasteiger partial charge in [0.05, 0.1) is 29.6 Å². The summed E-state index contributed by atoms with van der Waals surface area (Å²) in [5.74, 6) is 0.586. The SMILES string of the molecule is COc1cccc(C(O)Cc2nc(C)c(C)s2)c1N. The minimum atomic E-state index is -0.667. The van der Waals surface area contributed by atoms with E-state index >= 15 is 0 Å². The Hall–Kier alpha value is -1.59. The summed E-state index contributed by atoms with van der Waals surface area (Å²) < 4.78 is 5.16. The molecule has 0 aliphatic rings. The number of aryl methyl sites for hydroxylation is 2. The van der Waals surface area contributed by atoms with E-state index in [4.69, 9.17) is 10.5 Å². The Labute approximate surface area is 116 Å². The molecule has 0 amide bonds. The Bertz CT molecular complexity index is 561. The molecule has 0 aliphatic carbocycles. The van der Waals surface area contributed by atoms with Crippen LogP contribution in [-0.4, -0.2) is 17.2 Å². The number of aliphatic hydroxyl groups excluding tert-OH is 1. The molecule has 1 aromatic carbocycles. The second-order valence-corrected chi connectivity index (χ2v) is 5.72. The molecule has 2 rings (SSSR count). The zero-order chi connectivity index (χ0) is 14.0. The lowest BCUT2D eigenvalue weighted by Gasteiger charge is -2.14. The van der Waals surface area contributed by atoms with Crippen molar-refractivity contribution in [1.82, 2.24) is 4.98 Å². The van der Waals surface area contributed by atoms with Gasteiger partial charge >= 0.3 is 0 Å². The summed E-state index contributed by atoms with van der Waals surface area (Å²) in [5, 5.41) is 11.2. The smallest absolute Gasteiger partial charge is 0.142 e. The third-order valence-corrected chi connectivity index (χ3v) is 4.21. The zero-order valence-corrected chi connectivity index (χ0v) is 12.1. The molecule has 5 heteroatoms. The number of rotatable bonds is 4. The van der Waals surface area contributed by atoms with Crippen molar-refractivity contribution in [3.63, 3.8) is 0 Å². The van der Waals surface area contributed by atoms with Crippen LogP contribution in [0.25, 0.3) is 0 Å². The number of nitrogens with two attached hydrogens (primary N) is 1. The average molecular weight is 278 g/mol. The van der Waals surface area contributed by atoms with Crippen LogP contribution < -0.4 is 10.5 Å². The van der Waals surface area contributed by atoms with Gasteiger partial charge < -0.3 is 15.6 Å². The highest BCUT2D eigenvalue weighted by Crippen LogP contribution is 2.31. The van der Waals surface area contributed by atoms with Crippen LogP contribution in [0.2, 0.25) is 0 Å². The van der Waals surface area contributed by atoms with Gasteiger partial charge in [0.15, 0.2) is 0 Å². The standard InChI is InChI=1S/C14H18N2O2S/c1-8-9(2)19-13(16-8)7-11(17)10-5-4-6-12(18-3)14(10)15/h4-6,11,17H,7,15H2,1-3H3. The minimum Gasteiger partial charge on any atom is -0.495 e. The van der Waals surface area contributed by atoms with Gasteiger partial charge in [-0.15, -0.1) is 11.3 Å². The molecule has 0 spiro atoms. The molecule has 0 aliphatic heterocycles. The van der Waals surface area contributed by atoms with E-state index in [1.807, 2.05) is 26.0 Å². The molecule has 0 radical (unpaired) electrons. The predicted molar refractivity (Wildman–Crippen MR) is 77.7 cm³/mol. The number of nitrogens with zero attached hydrogens (tertiary/aromatic N) is 1. The number of nitrogen functional groups attached to an aromatic ring is 1. The van der Waals surface area contributed by atoms with Gasteiger partial charge in [-0.25, -0.2) is 4.98 Å². The highest BCUT2D eigenvalue weighted by molar-refractivity contribution is 7.11. The zero-order valence-electron chi connectivity index (χ0n) is 11.3. The summed E-state index contributed by atoms with van der Waals surface area (Å²) >= 11 is 1.61. The van der Waals surface area contributed by atoms with Crippen LogP contribution in [0.1, 0.15) is 27.2 Å². The lowest BCUT2D eigenvalue weighted by molar-refractivity contribution is 0.178. The van der Waals surface area contributed by atoms with Crippen LogP contribution in [0.4, 0.5) is 5.69 Å². The number of thiazole rings is 1. The lowest BCUT2D eigenvalue weighted by atomic mass is 10.0. The van der Waals surface area contributed by atoms with Gasteiger partial charge in [-0.1, -0.05) is 12.1 Å². The first-order chi connectivity index (χ1) is 9.02. The fraction of sp³-hybridized carbons (Fsp3) is 0.357. The molecule has 0 fully saturated rings. The van der Waals surface area contributed by atoms with E-state index in [9.17, 15) is 5.11 Å². The minimum absolute atomic E-state index is 0.469. The summed E-state index contributed by atoms with van der Waals surface area (Å²) in [4.78, 5) is 5.62. The molecule has 2 aromatic rings. The quantitative estimate of drug-likeness (QED) is 0.844. The van der Waals surface area contributed by atoms with Gasteiger partial charge in [0.2, 0.25) is 0 Å².